The quantitative estimate of drug-likeness (QED) is 0.589. The number of aliphatic imine (C=N–C) groups is 1. The molecule has 0 unspecified atom stereocenters. The molecule has 14 heavy (non-hydrogen) atoms. The predicted molar refractivity (Wildman–Crippen MR) is 60.7 cm³/mol. The second-order valence-corrected chi connectivity index (χ2v) is 4.12. The van der Waals surface area contributed by atoms with Gasteiger partial charge in [-0.3, -0.25) is 4.99 Å². The van der Waals surface area contributed by atoms with Gasteiger partial charge in [-0.2, -0.15) is 0 Å². The maximum absolute atomic E-state index is 4.36. The van der Waals surface area contributed by atoms with Crippen molar-refractivity contribution in [1.29, 1.82) is 0 Å². The number of hydrogen-bond donors (Lipinski definition) is 1. The third-order valence-electron chi connectivity index (χ3n) is 1.70. The number of aromatic nitrogens is 1. The molecule has 78 valence electrons. The fourth-order valence-corrected chi connectivity index (χ4v) is 1.79. The molecule has 0 fully saturated rings. The van der Waals surface area contributed by atoms with E-state index in [1.54, 1.807) is 18.4 Å². The Morgan fingerprint density at radius 2 is 2.36 bits per heavy atom. The van der Waals surface area contributed by atoms with E-state index in [4.69, 9.17) is 0 Å². The highest BCUT2D eigenvalue weighted by Crippen LogP contribution is 2.07. The van der Waals surface area contributed by atoms with E-state index in [2.05, 4.69) is 20.7 Å². The van der Waals surface area contributed by atoms with Crippen molar-refractivity contribution in [3.63, 3.8) is 0 Å². The lowest BCUT2D eigenvalue weighted by atomic mass is 10.5. The maximum Gasteiger partial charge on any atom is 0.193 e. The lowest BCUT2D eigenvalue weighted by Gasteiger charge is -2.15. The number of nitrogens with one attached hydrogen (secondary N) is 1. The zero-order chi connectivity index (χ0) is 10.6. The minimum absolute atomic E-state index is 0.739. The summed E-state index contributed by atoms with van der Waals surface area (Å²) in [5, 5.41) is 6.36. The Morgan fingerprint density at radius 1 is 1.64 bits per heavy atom. The molecule has 1 heterocycles. The standard InChI is InChI=1S/C9H16N4S/c1-7-6-14-8(12-7)5-11-9(10-2)13(3)4/h6H,5H2,1-4H3,(H,10,11). The number of thiazole rings is 1. The number of hydrogen-bond acceptors (Lipinski definition) is 3. The Kier molecular flexibility index (Phi) is 3.88. The van der Waals surface area contributed by atoms with Gasteiger partial charge in [0.2, 0.25) is 0 Å². The Hall–Kier alpha value is -1.10. The van der Waals surface area contributed by atoms with E-state index in [9.17, 15) is 0 Å². The molecule has 0 spiro atoms. The van der Waals surface area contributed by atoms with Gasteiger partial charge in [0.25, 0.3) is 0 Å². The van der Waals surface area contributed by atoms with Crippen LogP contribution in [0.5, 0.6) is 0 Å². The lowest BCUT2D eigenvalue weighted by molar-refractivity contribution is 0.582. The summed E-state index contributed by atoms with van der Waals surface area (Å²) in [6.45, 7) is 2.74. The first-order valence-electron chi connectivity index (χ1n) is 4.42. The van der Waals surface area contributed by atoms with Gasteiger partial charge in [0.1, 0.15) is 5.01 Å². The Balaban J connectivity index is 2.48. The molecule has 0 saturated heterocycles. The largest absolute Gasteiger partial charge is 0.350 e. The highest BCUT2D eigenvalue weighted by molar-refractivity contribution is 7.09. The molecule has 0 radical (unpaired) electrons. The second-order valence-electron chi connectivity index (χ2n) is 3.18. The van der Waals surface area contributed by atoms with Crippen LogP contribution in [0.2, 0.25) is 0 Å². The molecule has 1 N–H and O–H groups in total. The summed E-state index contributed by atoms with van der Waals surface area (Å²) in [4.78, 5) is 10.4. The van der Waals surface area contributed by atoms with Crippen molar-refractivity contribution in [2.24, 2.45) is 4.99 Å². The van der Waals surface area contributed by atoms with Crippen molar-refractivity contribution in [2.45, 2.75) is 13.5 Å². The van der Waals surface area contributed by atoms with E-state index in [0.29, 0.717) is 0 Å². The highest BCUT2D eigenvalue weighted by atomic mass is 32.1. The van der Waals surface area contributed by atoms with E-state index < -0.39 is 0 Å². The van der Waals surface area contributed by atoms with Crippen LogP contribution in [0.4, 0.5) is 0 Å². The molecule has 0 aliphatic heterocycles. The van der Waals surface area contributed by atoms with Crippen LogP contribution in [0, 0.1) is 6.92 Å². The van der Waals surface area contributed by atoms with Crippen LogP contribution in [0.1, 0.15) is 10.7 Å². The molecule has 0 aliphatic carbocycles. The molecule has 4 nitrogen and oxygen atoms in total. The molecule has 1 aromatic rings. The number of rotatable bonds is 2. The van der Waals surface area contributed by atoms with E-state index in [-0.39, 0.29) is 0 Å². The molecule has 0 bridgehead atoms. The van der Waals surface area contributed by atoms with Crippen LogP contribution in [0.3, 0.4) is 0 Å². The lowest BCUT2D eigenvalue weighted by Crippen LogP contribution is -2.35. The summed E-state index contributed by atoms with van der Waals surface area (Å²) < 4.78 is 0. The van der Waals surface area contributed by atoms with Crippen LogP contribution >= 0.6 is 11.3 Å². The number of nitrogens with zero attached hydrogens (tertiary/aromatic N) is 3. The summed E-state index contributed by atoms with van der Waals surface area (Å²) >= 11 is 1.67. The smallest absolute Gasteiger partial charge is 0.193 e. The van der Waals surface area contributed by atoms with E-state index in [1.165, 1.54) is 0 Å². The zero-order valence-corrected chi connectivity index (χ0v) is 9.85. The van der Waals surface area contributed by atoms with Gasteiger partial charge in [-0.15, -0.1) is 11.3 Å². The third kappa shape index (κ3) is 2.99. The molecule has 0 amide bonds. The van der Waals surface area contributed by atoms with E-state index in [1.807, 2.05) is 25.9 Å². The molecular formula is C9H16N4S. The third-order valence-corrected chi connectivity index (χ3v) is 2.67. The van der Waals surface area contributed by atoms with Gasteiger partial charge in [-0.1, -0.05) is 0 Å². The van der Waals surface area contributed by atoms with Crippen molar-refractivity contribution in [1.82, 2.24) is 15.2 Å². The summed E-state index contributed by atoms with van der Waals surface area (Å²) in [6.07, 6.45) is 0. The first-order valence-corrected chi connectivity index (χ1v) is 5.30. The topological polar surface area (TPSA) is 40.5 Å². The van der Waals surface area contributed by atoms with Crippen LogP contribution in [-0.2, 0) is 6.54 Å². The van der Waals surface area contributed by atoms with Crippen molar-refractivity contribution in [3.05, 3.63) is 16.1 Å². The van der Waals surface area contributed by atoms with Crippen LogP contribution in [-0.4, -0.2) is 37.0 Å². The van der Waals surface area contributed by atoms with Gasteiger partial charge >= 0.3 is 0 Å². The molecule has 1 aromatic heterocycles. The fraction of sp³-hybridized carbons (Fsp3) is 0.556. The SMILES string of the molecule is CN=C(NCc1nc(C)cs1)N(C)C. The predicted octanol–water partition coefficient (Wildman–Crippen LogP) is 1.09. The molecular weight excluding hydrogens is 196 g/mol. The minimum atomic E-state index is 0.739. The van der Waals surface area contributed by atoms with Gasteiger partial charge in [0.15, 0.2) is 5.96 Å². The molecule has 0 saturated carbocycles. The average molecular weight is 212 g/mol. The molecule has 1 rings (SSSR count). The van der Waals surface area contributed by atoms with E-state index in [0.717, 1.165) is 23.2 Å². The Labute approximate surface area is 88.7 Å². The number of aryl methyl sites for hydroxylation is 1. The van der Waals surface area contributed by atoms with E-state index >= 15 is 0 Å². The van der Waals surface area contributed by atoms with Crippen molar-refractivity contribution in [2.75, 3.05) is 21.1 Å². The van der Waals surface area contributed by atoms with Crippen LogP contribution in [0.25, 0.3) is 0 Å². The molecule has 0 aromatic carbocycles. The maximum atomic E-state index is 4.36. The Morgan fingerprint density at radius 3 is 2.79 bits per heavy atom. The Bertz CT molecular complexity index is 316. The van der Waals surface area contributed by atoms with Crippen LogP contribution in [0.15, 0.2) is 10.4 Å². The summed E-state index contributed by atoms with van der Waals surface area (Å²) in [6, 6.07) is 0. The summed E-state index contributed by atoms with van der Waals surface area (Å²) in [5.74, 6) is 0.873. The fourth-order valence-electron chi connectivity index (χ4n) is 1.08. The van der Waals surface area contributed by atoms with Gasteiger partial charge in [-0.05, 0) is 6.92 Å². The van der Waals surface area contributed by atoms with Gasteiger partial charge < -0.3 is 10.2 Å². The highest BCUT2D eigenvalue weighted by Gasteiger charge is 2.02. The summed E-state index contributed by atoms with van der Waals surface area (Å²) in [5.41, 5.74) is 1.08. The van der Waals surface area contributed by atoms with Crippen molar-refractivity contribution >= 4 is 17.3 Å². The van der Waals surface area contributed by atoms with Crippen LogP contribution < -0.4 is 5.32 Å². The first-order chi connectivity index (χ1) is 6.63. The molecule has 5 heteroatoms. The minimum Gasteiger partial charge on any atom is -0.350 e. The van der Waals surface area contributed by atoms with Gasteiger partial charge in [0, 0.05) is 32.2 Å². The first kappa shape index (κ1) is 11.0. The molecule has 0 aliphatic rings. The van der Waals surface area contributed by atoms with Crippen molar-refractivity contribution in [3.8, 4) is 0 Å². The number of guanidine groups is 1. The second kappa shape index (κ2) is 4.95. The monoisotopic (exact) mass is 212 g/mol. The normalized spacial score (nSPS) is 11.6. The van der Waals surface area contributed by atoms with Gasteiger partial charge in [-0.25, -0.2) is 4.98 Å². The average Bonchev–Trinajstić information content (AvgIpc) is 2.52. The molecule has 0 atom stereocenters. The van der Waals surface area contributed by atoms with Gasteiger partial charge in [0.05, 0.1) is 6.54 Å². The zero-order valence-electron chi connectivity index (χ0n) is 9.03. The summed E-state index contributed by atoms with van der Waals surface area (Å²) in [7, 11) is 5.69. The van der Waals surface area contributed by atoms with Crippen molar-refractivity contribution < 1.29 is 0 Å².